The molecule has 0 bridgehead atoms. The van der Waals surface area contributed by atoms with E-state index in [-0.39, 0.29) is 11.7 Å². The first-order valence-corrected chi connectivity index (χ1v) is 10.6. The summed E-state index contributed by atoms with van der Waals surface area (Å²) < 4.78 is 6.99. The van der Waals surface area contributed by atoms with Gasteiger partial charge in [-0.2, -0.15) is 4.98 Å². The number of pyridine rings is 1. The van der Waals surface area contributed by atoms with Crippen LogP contribution < -0.4 is 15.4 Å². The molecule has 9 nitrogen and oxygen atoms in total. The highest BCUT2D eigenvalue weighted by Gasteiger charge is 2.34. The number of carbonyl (C=O) groups excluding carboxylic acids is 1. The Labute approximate surface area is 195 Å². The molecule has 1 aliphatic rings. The van der Waals surface area contributed by atoms with Crippen molar-refractivity contribution in [1.29, 1.82) is 0 Å². The van der Waals surface area contributed by atoms with E-state index in [1.165, 1.54) is 0 Å². The van der Waals surface area contributed by atoms with E-state index in [4.69, 9.17) is 9.84 Å². The smallest absolute Gasteiger partial charge is 0.255 e. The molecule has 34 heavy (non-hydrogen) atoms. The van der Waals surface area contributed by atoms with Gasteiger partial charge in [-0.1, -0.05) is 24.3 Å². The normalized spacial score (nSPS) is 14.8. The number of anilines is 2. The summed E-state index contributed by atoms with van der Waals surface area (Å²) in [4.78, 5) is 22.2. The van der Waals surface area contributed by atoms with Crippen LogP contribution in [0.4, 0.5) is 11.6 Å². The van der Waals surface area contributed by atoms with Crippen LogP contribution in [-0.2, 0) is 4.79 Å². The molecule has 2 aromatic carbocycles. The monoisotopic (exact) mass is 454 g/mol. The number of ether oxygens (including phenoxy) is 1. The maximum atomic E-state index is 13.5. The van der Waals surface area contributed by atoms with Crippen LogP contribution in [-0.4, -0.2) is 37.9 Å². The van der Waals surface area contributed by atoms with Crippen molar-refractivity contribution >= 4 is 17.5 Å². The van der Waals surface area contributed by atoms with Crippen molar-refractivity contribution < 1.29 is 14.6 Å². The topological polar surface area (TPSA) is 114 Å². The number of aromatic hydroxyl groups is 1. The Morgan fingerprint density at radius 3 is 2.68 bits per heavy atom. The van der Waals surface area contributed by atoms with E-state index in [2.05, 4.69) is 20.6 Å². The van der Waals surface area contributed by atoms with Gasteiger partial charge in [-0.15, -0.1) is 5.10 Å². The number of aromatic nitrogens is 4. The van der Waals surface area contributed by atoms with E-state index in [9.17, 15) is 9.90 Å². The van der Waals surface area contributed by atoms with Gasteiger partial charge in [-0.05, 0) is 48.9 Å². The molecule has 1 unspecified atom stereocenters. The number of amides is 1. The molecule has 0 saturated carbocycles. The molecule has 3 N–H and O–H groups in total. The van der Waals surface area contributed by atoms with E-state index >= 15 is 0 Å². The van der Waals surface area contributed by atoms with Gasteiger partial charge >= 0.3 is 0 Å². The van der Waals surface area contributed by atoms with Crippen LogP contribution in [0.15, 0.2) is 84.3 Å². The summed E-state index contributed by atoms with van der Waals surface area (Å²) >= 11 is 0. The number of benzene rings is 2. The van der Waals surface area contributed by atoms with Crippen LogP contribution in [0, 0.1) is 0 Å². The van der Waals surface area contributed by atoms with Gasteiger partial charge in [0, 0.05) is 17.5 Å². The van der Waals surface area contributed by atoms with Crippen molar-refractivity contribution in [2.45, 2.75) is 13.0 Å². The highest BCUT2D eigenvalue weighted by molar-refractivity contribution is 6.05. The number of hydrogen-bond donors (Lipinski definition) is 3. The van der Waals surface area contributed by atoms with Crippen LogP contribution in [0.25, 0.3) is 11.4 Å². The van der Waals surface area contributed by atoms with E-state index < -0.39 is 6.04 Å². The zero-order valence-electron chi connectivity index (χ0n) is 18.6. The fraction of sp³-hybridized carbons (Fsp3) is 0.120. The maximum absolute atomic E-state index is 13.5. The Bertz CT molecular complexity index is 1380. The number of methoxy groups -OCH3 is 1. The Morgan fingerprint density at radius 2 is 1.97 bits per heavy atom. The third-order valence-electron chi connectivity index (χ3n) is 5.55. The standard InChI is InChI=1S/C25H22N6O3/c1-15-21(24(33)28-18-6-4-12-26-14-18)22(16-8-10-20(34-2)11-9-16)31-25(27-15)29-23(30-31)17-5-3-7-19(32)13-17/h3-14,22,32H,1-2H3,(H,28,33)(H,27,29,30). The van der Waals surface area contributed by atoms with E-state index in [1.807, 2.05) is 37.3 Å². The lowest BCUT2D eigenvalue weighted by Gasteiger charge is -2.28. The molecule has 0 radical (unpaired) electrons. The summed E-state index contributed by atoms with van der Waals surface area (Å²) in [7, 11) is 1.60. The van der Waals surface area contributed by atoms with Gasteiger partial charge in [-0.25, -0.2) is 4.68 Å². The van der Waals surface area contributed by atoms with Crippen LogP contribution >= 0.6 is 0 Å². The zero-order valence-corrected chi connectivity index (χ0v) is 18.6. The van der Waals surface area contributed by atoms with E-state index in [0.29, 0.717) is 40.0 Å². The Balaban J connectivity index is 1.60. The third kappa shape index (κ3) is 3.95. The average molecular weight is 454 g/mol. The molecular formula is C25H22N6O3. The number of allylic oxidation sites excluding steroid dienone is 1. The largest absolute Gasteiger partial charge is 0.508 e. The predicted octanol–water partition coefficient (Wildman–Crippen LogP) is 3.98. The van der Waals surface area contributed by atoms with Gasteiger partial charge in [-0.3, -0.25) is 9.78 Å². The Kier molecular flexibility index (Phi) is 5.43. The second-order valence-corrected chi connectivity index (χ2v) is 7.79. The molecule has 0 spiro atoms. The van der Waals surface area contributed by atoms with Crippen molar-refractivity contribution in [1.82, 2.24) is 19.7 Å². The van der Waals surface area contributed by atoms with Crippen molar-refractivity contribution in [3.05, 3.63) is 89.9 Å². The molecule has 4 aromatic rings. The summed E-state index contributed by atoms with van der Waals surface area (Å²) in [5.74, 6) is 1.47. The number of phenolic OH excluding ortho intramolecular Hbond substituents is 1. The highest BCUT2D eigenvalue weighted by atomic mass is 16.5. The lowest BCUT2D eigenvalue weighted by molar-refractivity contribution is -0.113. The summed E-state index contributed by atoms with van der Waals surface area (Å²) in [6.45, 7) is 1.83. The maximum Gasteiger partial charge on any atom is 0.255 e. The first kappa shape index (κ1) is 21.2. The highest BCUT2D eigenvalue weighted by Crippen LogP contribution is 2.37. The van der Waals surface area contributed by atoms with Gasteiger partial charge in [0.2, 0.25) is 5.95 Å². The van der Waals surface area contributed by atoms with Gasteiger partial charge in [0.05, 0.1) is 24.6 Å². The van der Waals surface area contributed by atoms with Crippen molar-refractivity contribution in [3.8, 4) is 22.9 Å². The van der Waals surface area contributed by atoms with Crippen LogP contribution in [0.1, 0.15) is 18.5 Å². The van der Waals surface area contributed by atoms with Gasteiger partial charge in [0.15, 0.2) is 5.82 Å². The van der Waals surface area contributed by atoms with Crippen LogP contribution in [0.2, 0.25) is 0 Å². The molecular weight excluding hydrogens is 432 g/mol. The molecule has 1 aliphatic heterocycles. The van der Waals surface area contributed by atoms with Crippen molar-refractivity contribution in [3.63, 3.8) is 0 Å². The predicted molar refractivity (Wildman–Crippen MR) is 127 cm³/mol. The van der Waals surface area contributed by atoms with Gasteiger partial charge < -0.3 is 20.5 Å². The van der Waals surface area contributed by atoms with Crippen LogP contribution in [0.3, 0.4) is 0 Å². The molecule has 5 rings (SSSR count). The molecule has 170 valence electrons. The number of nitrogens with one attached hydrogen (secondary N) is 2. The lowest BCUT2D eigenvalue weighted by Crippen LogP contribution is -2.31. The zero-order chi connectivity index (χ0) is 23.7. The Hall–Kier alpha value is -4.66. The number of hydrogen-bond acceptors (Lipinski definition) is 7. The minimum Gasteiger partial charge on any atom is -0.508 e. The SMILES string of the molecule is COc1ccc(C2C(C(=O)Nc3cccnc3)=C(C)Nc3nc(-c4cccc(O)c4)nn32)cc1. The molecule has 0 aliphatic carbocycles. The summed E-state index contributed by atoms with van der Waals surface area (Å²) in [6, 6.07) is 17.2. The molecule has 0 fully saturated rings. The molecule has 1 atom stereocenters. The number of nitrogens with zero attached hydrogens (tertiary/aromatic N) is 4. The minimum atomic E-state index is -0.544. The minimum absolute atomic E-state index is 0.121. The van der Waals surface area contributed by atoms with Crippen LogP contribution in [0.5, 0.6) is 11.5 Å². The summed E-state index contributed by atoms with van der Waals surface area (Å²) in [5.41, 5.74) is 3.24. The Morgan fingerprint density at radius 1 is 1.15 bits per heavy atom. The number of carbonyl (C=O) groups is 1. The second-order valence-electron chi connectivity index (χ2n) is 7.79. The number of phenols is 1. The van der Waals surface area contributed by atoms with Gasteiger partial charge in [0.25, 0.3) is 5.91 Å². The fourth-order valence-corrected chi connectivity index (χ4v) is 3.94. The molecule has 0 saturated heterocycles. The quantitative estimate of drug-likeness (QED) is 0.418. The van der Waals surface area contributed by atoms with E-state index in [1.54, 1.807) is 54.5 Å². The summed E-state index contributed by atoms with van der Waals surface area (Å²) in [5, 5.41) is 20.7. The molecule has 9 heteroatoms. The van der Waals surface area contributed by atoms with E-state index in [0.717, 1.165) is 5.56 Å². The first-order valence-electron chi connectivity index (χ1n) is 10.6. The molecule has 1 amide bonds. The van der Waals surface area contributed by atoms with Crippen molar-refractivity contribution in [2.75, 3.05) is 17.7 Å². The molecule has 2 aromatic heterocycles. The lowest BCUT2D eigenvalue weighted by atomic mass is 9.95. The third-order valence-corrected chi connectivity index (χ3v) is 5.55. The van der Waals surface area contributed by atoms with Crippen molar-refractivity contribution in [2.24, 2.45) is 0 Å². The fourth-order valence-electron chi connectivity index (χ4n) is 3.94. The molecule has 3 heterocycles. The summed E-state index contributed by atoms with van der Waals surface area (Å²) in [6.07, 6.45) is 3.24. The number of rotatable bonds is 5. The first-order chi connectivity index (χ1) is 16.5. The second kappa shape index (κ2) is 8.70. The average Bonchev–Trinajstić information content (AvgIpc) is 3.27. The van der Waals surface area contributed by atoms with Gasteiger partial charge in [0.1, 0.15) is 17.5 Å². The number of fused-ring (bicyclic) bond motifs is 1.